The number of imidazole rings is 1. The number of aryl methyl sites for hydroxylation is 1. The molecule has 4 heteroatoms. The smallest absolute Gasteiger partial charge is 0.203 e. The van der Waals surface area contributed by atoms with E-state index < -0.39 is 0 Å². The molecule has 0 bridgehead atoms. The quantitative estimate of drug-likeness (QED) is 0.840. The van der Waals surface area contributed by atoms with Gasteiger partial charge in [-0.1, -0.05) is 38.8 Å². The van der Waals surface area contributed by atoms with E-state index in [4.69, 9.17) is 0 Å². The first-order valence-electron chi connectivity index (χ1n) is 7.00. The molecule has 0 spiro atoms. The average molecular weight is 261 g/mol. The molecule has 2 rings (SSSR count). The minimum absolute atomic E-state index is 0.324. The molecule has 0 aliphatic carbocycles. The van der Waals surface area contributed by atoms with Gasteiger partial charge in [0, 0.05) is 13.6 Å². The normalized spacial score (nSPS) is 13.1. The number of nitrogens with one attached hydrogen (secondary N) is 1. The van der Waals surface area contributed by atoms with Crippen LogP contribution in [0.4, 0.5) is 5.95 Å². The minimum atomic E-state index is -0.324. The molecule has 0 saturated heterocycles. The van der Waals surface area contributed by atoms with E-state index in [1.807, 2.05) is 35.9 Å². The number of aromatic nitrogens is 2. The maximum Gasteiger partial charge on any atom is 0.203 e. The largest absolute Gasteiger partial charge is 0.391 e. The van der Waals surface area contributed by atoms with Gasteiger partial charge in [0.25, 0.3) is 0 Å². The molecule has 4 nitrogen and oxygen atoms in total. The van der Waals surface area contributed by atoms with Crippen LogP contribution in [0.1, 0.15) is 26.7 Å². The molecule has 0 saturated carbocycles. The Balaban J connectivity index is 2.07. The van der Waals surface area contributed by atoms with Crippen LogP contribution in [0.25, 0.3) is 11.0 Å². The number of hydrogen-bond donors (Lipinski definition) is 2. The molecular formula is C15H23N3O. The van der Waals surface area contributed by atoms with Crippen molar-refractivity contribution < 1.29 is 5.11 Å². The fraction of sp³-hybridized carbons (Fsp3) is 0.533. The van der Waals surface area contributed by atoms with E-state index in [1.54, 1.807) is 0 Å². The Morgan fingerprint density at radius 3 is 2.58 bits per heavy atom. The van der Waals surface area contributed by atoms with Crippen LogP contribution in [-0.2, 0) is 7.05 Å². The van der Waals surface area contributed by atoms with Gasteiger partial charge in [0.15, 0.2) is 0 Å². The third kappa shape index (κ3) is 2.89. The maximum absolute atomic E-state index is 10.1. The number of para-hydroxylation sites is 2. The lowest BCUT2D eigenvalue weighted by Gasteiger charge is -2.20. The number of aliphatic hydroxyl groups is 1. The predicted octanol–water partition coefficient (Wildman–Crippen LogP) is 2.78. The molecule has 2 N–H and O–H groups in total. The highest BCUT2D eigenvalue weighted by Gasteiger charge is 2.16. The van der Waals surface area contributed by atoms with Crippen molar-refractivity contribution in [3.63, 3.8) is 0 Å². The average Bonchev–Trinajstić information content (AvgIpc) is 2.75. The van der Waals surface area contributed by atoms with Crippen LogP contribution in [0, 0.1) is 5.92 Å². The Hall–Kier alpha value is -1.55. The minimum Gasteiger partial charge on any atom is -0.391 e. The summed E-state index contributed by atoms with van der Waals surface area (Å²) in [4.78, 5) is 4.54. The zero-order chi connectivity index (χ0) is 13.8. The summed E-state index contributed by atoms with van der Waals surface area (Å²) in [7, 11) is 1.99. The highest BCUT2D eigenvalue weighted by molar-refractivity contribution is 5.78. The van der Waals surface area contributed by atoms with Crippen molar-refractivity contribution in [3.05, 3.63) is 24.3 Å². The third-order valence-corrected chi connectivity index (χ3v) is 3.85. The zero-order valence-electron chi connectivity index (χ0n) is 11.9. The van der Waals surface area contributed by atoms with Crippen molar-refractivity contribution in [2.75, 3.05) is 11.9 Å². The van der Waals surface area contributed by atoms with E-state index in [0.29, 0.717) is 12.5 Å². The summed E-state index contributed by atoms with van der Waals surface area (Å²) in [5.74, 6) is 1.16. The summed E-state index contributed by atoms with van der Waals surface area (Å²) in [6, 6.07) is 8.04. The van der Waals surface area contributed by atoms with E-state index >= 15 is 0 Å². The summed E-state index contributed by atoms with van der Waals surface area (Å²) >= 11 is 0. The molecule has 1 heterocycles. The Morgan fingerprint density at radius 1 is 1.26 bits per heavy atom. The second kappa shape index (κ2) is 6.06. The number of anilines is 1. The topological polar surface area (TPSA) is 50.1 Å². The monoisotopic (exact) mass is 261 g/mol. The molecule has 1 aromatic heterocycles. The highest BCUT2D eigenvalue weighted by atomic mass is 16.3. The Morgan fingerprint density at radius 2 is 1.95 bits per heavy atom. The lowest BCUT2D eigenvalue weighted by Crippen LogP contribution is -2.28. The van der Waals surface area contributed by atoms with E-state index in [0.717, 1.165) is 29.8 Å². The molecule has 0 amide bonds. The SMILES string of the molecule is CCC(CC)C(O)CNc1nc2ccccc2n1C. The van der Waals surface area contributed by atoms with Crippen LogP contribution in [0.3, 0.4) is 0 Å². The second-order valence-corrected chi connectivity index (χ2v) is 5.01. The van der Waals surface area contributed by atoms with E-state index in [9.17, 15) is 5.11 Å². The van der Waals surface area contributed by atoms with Gasteiger partial charge in [-0.2, -0.15) is 0 Å². The molecule has 1 unspecified atom stereocenters. The van der Waals surface area contributed by atoms with Gasteiger partial charge in [-0.05, 0) is 18.1 Å². The van der Waals surface area contributed by atoms with Crippen molar-refractivity contribution in [2.45, 2.75) is 32.8 Å². The van der Waals surface area contributed by atoms with E-state index in [2.05, 4.69) is 24.1 Å². The number of aliphatic hydroxyl groups excluding tert-OH is 1. The van der Waals surface area contributed by atoms with Crippen molar-refractivity contribution in [1.29, 1.82) is 0 Å². The first kappa shape index (κ1) is 13.9. The van der Waals surface area contributed by atoms with Crippen LogP contribution >= 0.6 is 0 Å². The molecular weight excluding hydrogens is 238 g/mol. The third-order valence-electron chi connectivity index (χ3n) is 3.85. The van der Waals surface area contributed by atoms with E-state index in [-0.39, 0.29) is 6.10 Å². The molecule has 0 radical (unpaired) electrons. The first-order valence-corrected chi connectivity index (χ1v) is 7.00. The summed E-state index contributed by atoms with van der Waals surface area (Å²) in [5, 5.41) is 13.4. The van der Waals surface area contributed by atoms with Gasteiger partial charge in [0.1, 0.15) is 0 Å². The zero-order valence-corrected chi connectivity index (χ0v) is 11.9. The molecule has 104 valence electrons. The van der Waals surface area contributed by atoms with Crippen LogP contribution in [0.2, 0.25) is 0 Å². The summed E-state index contributed by atoms with van der Waals surface area (Å²) in [6.07, 6.45) is 1.68. The summed E-state index contributed by atoms with van der Waals surface area (Å²) in [5.41, 5.74) is 2.08. The Labute approximate surface area is 114 Å². The Bertz CT molecular complexity index is 531. The fourth-order valence-electron chi connectivity index (χ4n) is 2.50. The Kier molecular flexibility index (Phi) is 4.43. The van der Waals surface area contributed by atoms with Crippen molar-refractivity contribution in [2.24, 2.45) is 13.0 Å². The molecule has 1 aromatic carbocycles. The molecule has 1 atom stereocenters. The van der Waals surface area contributed by atoms with Gasteiger partial charge in [0.2, 0.25) is 5.95 Å². The van der Waals surface area contributed by atoms with Crippen molar-refractivity contribution in [3.8, 4) is 0 Å². The first-order chi connectivity index (χ1) is 9.17. The van der Waals surface area contributed by atoms with Gasteiger partial charge in [0.05, 0.1) is 17.1 Å². The van der Waals surface area contributed by atoms with Gasteiger partial charge < -0.3 is 15.0 Å². The molecule has 19 heavy (non-hydrogen) atoms. The van der Waals surface area contributed by atoms with Crippen LogP contribution < -0.4 is 5.32 Å². The maximum atomic E-state index is 10.1. The number of hydrogen-bond acceptors (Lipinski definition) is 3. The van der Waals surface area contributed by atoms with Crippen molar-refractivity contribution >= 4 is 17.0 Å². The standard InChI is InChI=1S/C15H23N3O/c1-4-11(5-2)14(19)10-16-15-17-12-8-6-7-9-13(12)18(15)3/h6-9,11,14,19H,4-5,10H2,1-3H3,(H,16,17). The highest BCUT2D eigenvalue weighted by Crippen LogP contribution is 2.18. The van der Waals surface area contributed by atoms with Gasteiger partial charge in [-0.3, -0.25) is 0 Å². The van der Waals surface area contributed by atoms with Gasteiger partial charge in [-0.15, -0.1) is 0 Å². The second-order valence-electron chi connectivity index (χ2n) is 5.01. The lowest BCUT2D eigenvalue weighted by atomic mass is 9.97. The fourth-order valence-corrected chi connectivity index (χ4v) is 2.50. The van der Waals surface area contributed by atoms with Crippen molar-refractivity contribution in [1.82, 2.24) is 9.55 Å². The number of rotatable bonds is 6. The summed E-state index contributed by atoms with van der Waals surface area (Å²) in [6.45, 7) is 4.78. The number of fused-ring (bicyclic) bond motifs is 1. The van der Waals surface area contributed by atoms with Gasteiger partial charge >= 0.3 is 0 Å². The molecule has 0 fully saturated rings. The molecule has 2 aromatic rings. The van der Waals surface area contributed by atoms with Crippen LogP contribution in [-0.4, -0.2) is 27.3 Å². The van der Waals surface area contributed by atoms with Gasteiger partial charge in [-0.25, -0.2) is 4.98 Å². The number of benzene rings is 1. The lowest BCUT2D eigenvalue weighted by molar-refractivity contribution is 0.114. The predicted molar refractivity (Wildman–Crippen MR) is 79.3 cm³/mol. The van der Waals surface area contributed by atoms with Crippen LogP contribution in [0.15, 0.2) is 24.3 Å². The molecule has 0 aliphatic rings. The number of nitrogens with zero attached hydrogens (tertiary/aromatic N) is 2. The van der Waals surface area contributed by atoms with Crippen LogP contribution in [0.5, 0.6) is 0 Å². The molecule has 0 aliphatic heterocycles. The van der Waals surface area contributed by atoms with E-state index in [1.165, 1.54) is 0 Å². The summed E-state index contributed by atoms with van der Waals surface area (Å²) < 4.78 is 2.02.